The third-order valence-corrected chi connectivity index (χ3v) is 11.4. The van der Waals surface area contributed by atoms with Crippen LogP contribution in [0, 0.1) is 11.8 Å². The number of amides is 1. The third kappa shape index (κ3) is 9.74. The van der Waals surface area contributed by atoms with Crippen LogP contribution in [0.25, 0.3) is 0 Å². The maximum atomic E-state index is 13.7. The van der Waals surface area contributed by atoms with Gasteiger partial charge in [-0.1, -0.05) is 48.7 Å². The van der Waals surface area contributed by atoms with Gasteiger partial charge in [-0.3, -0.25) is 14.1 Å². The lowest BCUT2D eigenvalue weighted by atomic mass is 9.73. The minimum Gasteiger partial charge on any atom is -0.507 e. The van der Waals surface area contributed by atoms with Crippen molar-refractivity contribution in [3.63, 3.8) is 0 Å². The molecule has 0 aromatic heterocycles. The quantitative estimate of drug-likeness (QED) is 0.0296. The molecule has 2 aliphatic heterocycles. The van der Waals surface area contributed by atoms with Gasteiger partial charge in [0.25, 0.3) is 0 Å². The second kappa shape index (κ2) is 16.7. The number of aliphatic imine (C=N–C) groups is 1. The van der Waals surface area contributed by atoms with Crippen molar-refractivity contribution in [1.82, 2.24) is 4.31 Å². The molecule has 17 heteroatoms. The third-order valence-electron chi connectivity index (χ3n) is 9.29. The van der Waals surface area contributed by atoms with Crippen LogP contribution in [0.5, 0.6) is 11.5 Å². The molecule has 4 atom stereocenters. The van der Waals surface area contributed by atoms with E-state index in [0.717, 1.165) is 43.3 Å². The first-order chi connectivity index (χ1) is 24.7. The molecule has 0 saturated carbocycles. The Morgan fingerprint density at radius 2 is 1.92 bits per heavy atom. The molecule has 1 aromatic carbocycles. The molecule has 5 N–H and O–H groups in total. The molecular formula is C36H46N4O11S2. The number of benzene rings is 1. The highest BCUT2D eigenvalue weighted by molar-refractivity contribution is 8.14. The van der Waals surface area contributed by atoms with Gasteiger partial charge >= 0.3 is 21.6 Å². The van der Waals surface area contributed by atoms with Crippen molar-refractivity contribution in [2.75, 3.05) is 0 Å². The molecule has 1 fully saturated rings. The molecule has 1 amide bonds. The number of carboxylic acids is 1. The van der Waals surface area contributed by atoms with Crippen LogP contribution in [-0.4, -0.2) is 73.0 Å². The van der Waals surface area contributed by atoms with Gasteiger partial charge in [0.2, 0.25) is 11.5 Å². The number of aromatic hydroxyl groups is 1. The highest BCUT2D eigenvalue weighted by Crippen LogP contribution is 2.48. The predicted octanol–water partition coefficient (Wildman–Crippen LogP) is 5.80. The maximum Gasteiger partial charge on any atom is 0.374 e. The highest BCUT2D eigenvalue weighted by Gasteiger charge is 2.56. The number of oxime groups is 1. The summed E-state index contributed by atoms with van der Waals surface area (Å²) in [5, 5.41) is 21.9. The number of phenolic OH excluding ortho intramolecular Hbond substituents is 1. The number of carboxylic acid groups (broad SMARTS) is 1. The molecule has 15 nitrogen and oxygen atoms in total. The van der Waals surface area contributed by atoms with Crippen molar-refractivity contribution >= 4 is 56.6 Å². The summed E-state index contributed by atoms with van der Waals surface area (Å²) in [6, 6.07) is 3.31. The van der Waals surface area contributed by atoms with E-state index in [0.29, 0.717) is 17.5 Å². The molecule has 0 spiro atoms. The molecule has 1 unspecified atom stereocenters. The zero-order chi connectivity index (χ0) is 39.4. The molecule has 2 heterocycles. The number of allylic oxidation sites excluding steroid dienone is 4. The van der Waals surface area contributed by atoms with Crippen LogP contribution in [0.2, 0.25) is 0 Å². The number of thioether (sulfide) groups is 1. The smallest absolute Gasteiger partial charge is 0.374 e. The van der Waals surface area contributed by atoms with E-state index < -0.39 is 68.2 Å². The summed E-state index contributed by atoms with van der Waals surface area (Å²) in [7, 11) is -5.19. The van der Waals surface area contributed by atoms with E-state index in [2.05, 4.69) is 23.7 Å². The van der Waals surface area contributed by atoms with Gasteiger partial charge in [-0.2, -0.15) is 8.42 Å². The van der Waals surface area contributed by atoms with Crippen LogP contribution in [0.4, 0.5) is 4.79 Å². The zero-order valence-corrected chi connectivity index (χ0v) is 32.0. The topological polar surface area (TPSA) is 236 Å². The molecule has 0 radical (unpaired) electrons. The van der Waals surface area contributed by atoms with E-state index in [1.807, 2.05) is 19.9 Å². The summed E-state index contributed by atoms with van der Waals surface area (Å²) in [6.45, 7) is 12.4. The minimum absolute atomic E-state index is 0.0455. The number of hydrogen-bond donors (Lipinski definition) is 4. The Hall–Kier alpha value is -4.48. The Balaban J connectivity index is 1.66. The SMILES string of the molecule is C=C(C)[C@@H]1CCC(C)=C[C@H]1c1c(O)cc(CCCCC)cc1OC(=O)SC1[C@H](CC(=O)/C(=N\OC(C)(C)C(=O)O)C2=CCC(N)=N2)C(=O)N1S(=O)(=O)O. The van der Waals surface area contributed by atoms with E-state index >= 15 is 0 Å². The number of carbonyl (C=O) groups is 4. The maximum absolute atomic E-state index is 13.7. The molecule has 0 bridgehead atoms. The minimum atomic E-state index is -5.19. The summed E-state index contributed by atoms with van der Waals surface area (Å²) in [5.41, 5.74) is 6.38. The number of nitrogens with two attached hydrogens (primary N) is 1. The number of Topliss-reactive ketones (excluding diaryl/α,β-unsaturated/α-hetero) is 1. The standard InChI is InChI=1S/C36H46N4O11S2/c1-7-8-9-10-21-16-26(41)30(23-15-20(4)11-12-22(23)19(2)3)28(17-21)50-35(46)52-33-24(32(43)40(33)53(47,48)49)18-27(42)31(25-13-14-29(37)38-25)39-51-36(5,6)34(44)45/h13,15-17,22-24,33,41H,2,7-12,14,18H2,1,3-6H3,(H2,37,38)(H,44,45)(H,47,48,49)/b39-31-/t22-,23+,24+,33?/m0/s1. The van der Waals surface area contributed by atoms with Gasteiger partial charge in [0.1, 0.15) is 22.7 Å². The van der Waals surface area contributed by atoms with Crippen molar-refractivity contribution in [2.45, 2.75) is 103 Å². The number of ketones is 1. The number of aryl methyl sites for hydroxylation is 1. The Morgan fingerprint density at radius 1 is 1.23 bits per heavy atom. The number of phenols is 1. The number of amidine groups is 1. The molecule has 288 valence electrons. The summed E-state index contributed by atoms with van der Waals surface area (Å²) in [4.78, 5) is 61.1. The molecule has 53 heavy (non-hydrogen) atoms. The molecular weight excluding hydrogens is 729 g/mol. The molecule has 1 aliphatic carbocycles. The number of unbranched alkanes of at least 4 members (excludes halogenated alkanes) is 2. The second-order valence-electron chi connectivity index (χ2n) is 14.0. The van der Waals surface area contributed by atoms with Gasteiger partial charge in [-0.05, 0) is 94.8 Å². The largest absolute Gasteiger partial charge is 0.507 e. The number of hydrogen-bond acceptors (Lipinski definition) is 13. The first-order valence-corrected chi connectivity index (χ1v) is 19.5. The summed E-state index contributed by atoms with van der Waals surface area (Å²) in [6.07, 6.45) is 7.73. The fourth-order valence-corrected chi connectivity index (χ4v) is 8.46. The number of β-lactam (4-membered cyclic amide) rings is 1. The normalized spacial score (nSPS) is 22.0. The van der Waals surface area contributed by atoms with Crippen molar-refractivity contribution < 1.29 is 51.9 Å². The Bertz CT molecular complexity index is 1920. The number of carbonyl (C=O) groups excluding carboxylic acids is 3. The number of nitrogens with zero attached hydrogens (tertiary/aromatic N) is 3. The highest BCUT2D eigenvalue weighted by atomic mass is 32.2. The lowest BCUT2D eigenvalue weighted by Crippen LogP contribution is -2.62. The van der Waals surface area contributed by atoms with Crippen LogP contribution < -0.4 is 10.5 Å². The Morgan fingerprint density at radius 3 is 2.51 bits per heavy atom. The summed E-state index contributed by atoms with van der Waals surface area (Å²) in [5.74, 6) is -5.33. The molecule has 1 aromatic rings. The molecule has 4 rings (SSSR count). The van der Waals surface area contributed by atoms with Crippen molar-refractivity contribution in [2.24, 2.45) is 27.7 Å². The fourth-order valence-electron chi connectivity index (χ4n) is 6.32. The average Bonchev–Trinajstić information content (AvgIpc) is 3.48. The second-order valence-corrected chi connectivity index (χ2v) is 16.3. The van der Waals surface area contributed by atoms with Crippen molar-refractivity contribution in [3.05, 3.63) is 58.8 Å². The van der Waals surface area contributed by atoms with Gasteiger partial charge in [0.05, 0.1) is 11.6 Å². The first-order valence-electron chi connectivity index (χ1n) is 17.2. The van der Waals surface area contributed by atoms with E-state index in [9.17, 15) is 42.4 Å². The fraction of sp³-hybridized carbons (Fsp3) is 0.500. The summed E-state index contributed by atoms with van der Waals surface area (Å²) < 4.78 is 40.4. The lowest BCUT2D eigenvalue weighted by molar-refractivity contribution is -0.161. The van der Waals surface area contributed by atoms with Crippen molar-refractivity contribution in [3.8, 4) is 11.5 Å². The van der Waals surface area contributed by atoms with Crippen LogP contribution in [0.3, 0.4) is 0 Å². The average molecular weight is 775 g/mol. The lowest BCUT2D eigenvalue weighted by Gasteiger charge is -2.42. The van der Waals surface area contributed by atoms with E-state index in [4.69, 9.17) is 15.3 Å². The predicted molar refractivity (Wildman–Crippen MR) is 199 cm³/mol. The van der Waals surface area contributed by atoms with E-state index in [1.165, 1.54) is 19.9 Å². The van der Waals surface area contributed by atoms with Gasteiger partial charge in [0, 0.05) is 24.3 Å². The van der Waals surface area contributed by atoms with E-state index in [1.54, 1.807) is 12.1 Å². The van der Waals surface area contributed by atoms with E-state index in [-0.39, 0.29) is 51.4 Å². The molecule has 1 saturated heterocycles. The number of ether oxygens (including phenoxy) is 1. The van der Waals surface area contributed by atoms with Gasteiger partial charge in [0.15, 0.2) is 11.5 Å². The van der Waals surface area contributed by atoms with Gasteiger partial charge < -0.3 is 25.5 Å². The van der Waals surface area contributed by atoms with Crippen LogP contribution >= 0.6 is 11.8 Å². The Kier molecular flexibility index (Phi) is 13.0. The van der Waals surface area contributed by atoms with Crippen LogP contribution in [0.1, 0.15) is 96.6 Å². The van der Waals surface area contributed by atoms with Crippen LogP contribution in [0.15, 0.2) is 57.9 Å². The van der Waals surface area contributed by atoms with Gasteiger partial charge in [-0.15, -0.1) is 0 Å². The monoisotopic (exact) mass is 774 g/mol. The zero-order valence-electron chi connectivity index (χ0n) is 30.3. The van der Waals surface area contributed by atoms with Crippen molar-refractivity contribution in [1.29, 1.82) is 0 Å². The first kappa shape index (κ1) is 41.3. The number of aliphatic carboxylic acids is 1. The summed E-state index contributed by atoms with van der Waals surface area (Å²) >= 11 is 0.259. The number of rotatable bonds is 16. The van der Waals surface area contributed by atoms with Gasteiger partial charge in [-0.25, -0.2) is 18.9 Å². The molecule has 3 aliphatic rings. The Labute approximate surface area is 312 Å². The van der Waals surface area contributed by atoms with Crippen LogP contribution in [-0.2, 0) is 35.9 Å².